The van der Waals surface area contributed by atoms with Gasteiger partial charge in [-0.15, -0.1) is 0 Å². The molecule has 1 aromatic carbocycles. The van der Waals surface area contributed by atoms with Gasteiger partial charge in [0.05, 0.1) is 5.56 Å². The molecule has 0 saturated carbocycles. The minimum atomic E-state index is -3.42. The molecule has 19 heavy (non-hydrogen) atoms. The van der Waals surface area contributed by atoms with Crippen LogP contribution in [-0.2, 0) is 5.92 Å². The summed E-state index contributed by atoms with van der Waals surface area (Å²) in [4.78, 5) is 3.67. The van der Waals surface area contributed by atoms with Crippen LogP contribution in [0.5, 0.6) is 0 Å². The molecule has 0 saturated heterocycles. The topological polar surface area (TPSA) is 38.9 Å². The lowest BCUT2D eigenvalue weighted by atomic mass is 9.96. The molecular weight excluding hydrogens is 253 g/mol. The molecule has 100 valence electrons. The molecule has 1 heterocycles. The van der Waals surface area contributed by atoms with E-state index in [9.17, 15) is 13.2 Å². The standard InChI is InChI=1S/C14H13F3N2/c1-9(18)11-3-2-4-12(13(11)15)14(16,17)10-5-7-19-8-6-10/h2-9H,18H2,1H3. The largest absolute Gasteiger partial charge is 0.324 e. The average Bonchev–Trinajstić information content (AvgIpc) is 2.39. The van der Waals surface area contributed by atoms with E-state index < -0.39 is 23.3 Å². The highest BCUT2D eigenvalue weighted by Crippen LogP contribution is 2.38. The number of aromatic nitrogens is 1. The highest BCUT2D eigenvalue weighted by molar-refractivity contribution is 5.37. The fraction of sp³-hybridized carbons (Fsp3) is 0.214. The van der Waals surface area contributed by atoms with E-state index in [1.54, 1.807) is 6.92 Å². The van der Waals surface area contributed by atoms with Gasteiger partial charge < -0.3 is 5.73 Å². The Morgan fingerprint density at radius 1 is 1.16 bits per heavy atom. The van der Waals surface area contributed by atoms with Crippen molar-refractivity contribution in [2.45, 2.75) is 18.9 Å². The molecule has 1 atom stereocenters. The molecule has 0 fully saturated rings. The lowest BCUT2D eigenvalue weighted by Gasteiger charge is -2.19. The predicted octanol–water partition coefficient (Wildman–Crippen LogP) is 3.38. The van der Waals surface area contributed by atoms with Gasteiger partial charge in [-0.3, -0.25) is 4.98 Å². The molecule has 1 unspecified atom stereocenters. The van der Waals surface area contributed by atoms with Crippen molar-refractivity contribution in [1.82, 2.24) is 4.98 Å². The number of halogens is 3. The Kier molecular flexibility index (Phi) is 3.57. The first-order valence-corrected chi connectivity index (χ1v) is 5.77. The molecule has 0 bridgehead atoms. The summed E-state index contributed by atoms with van der Waals surface area (Å²) in [6, 6.07) is 5.55. The maximum absolute atomic E-state index is 14.3. The number of nitrogens with zero attached hydrogens (tertiary/aromatic N) is 1. The third-order valence-electron chi connectivity index (χ3n) is 2.90. The van der Waals surface area contributed by atoms with Crippen LogP contribution in [0.15, 0.2) is 42.7 Å². The highest BCUT2D eigenvalue weighted by Gasteiger charge is 2.37. The second kappa shape index (κ2) is 5.01. The lowest BCUT2D eigenvalue weighted by molar-refractivity contribution is 0.0386. The summed E-state index contributed by atoms with van der Waals surface area (Å²) in [6.45, 7) is 1.55. The number of rotatable bonds is 3. The van der Waals surface area contributed by atoms with Crippen molar-refractivity contribution in [2.24, 2.45) is 5.73 Å². The number of nitrogens with two attached hydrogens (primary N) is 1. The van der Waals surface area contributed by atoms with Crippen molar-refractivity contribution in [3.05, 3.63) is 65.2 Å². The first-order chi connectivity index (χ1) is 8.94. The van der Waals surface area contributed by atoms with E-state index >= 15 is 0 Å². The molecule has 2 N–H and O–H groups in total. The summed E-state index contributed by atoms with van der Waals surface area (Å²) in [5.74, 6) is -4.38. The van der Waals surface area contributed by atoms with Crippen LogP contribution in [0, 0.1) is 5.82 Å². The Bertz CT molecular complexity index is 568. The quantitative estimate of drug-likeness (QED) is 0.925. The Labute approximate surface area is 109 Å². The Morgan fingerprint density at radius 3 is 2.37 bits per heavy atom. The van der Waals surface area contributed by atoms with Crippen LogP contribution in [0.1, 0.15) is 29.7 Å². The number of hydrogen-bond donors (Lipinski definition) is 1. The molecule has 0 amide bonds. The van der Waals surface area contributed by atoms with Crippen molar-refractivity contribution >= 4 is 0 Å². The normalized spacial score (nSPS) is 13.3. The van der Waals surface area contributed by atoms with Gasteiger partial charge in [0.25, 0.3) is 0 Å². The van der Waals surface area contributed by atoms with Crippen LogP contribution in [0.2, 0.25) is 0 Å². The zero-order chi connectivity index (χ0) is 14.0. The molecule has 1 aromatic heterocycles. The van der Waals surface area contributed by atoms with Crippen LogP contribution >= 0.6 is 0 Å². The van der Waals surface area contributed by atoms with Crippen LogP contribution in [0.4, 0.5) is 13.2 Å². The number of benzene rings is 1. The molecule has 0 aliphatic rings. The average molecular weight is 266 g/mol. The SMILES string of the molecule is CC(N)c1cccc(C(F)(F)c2ccncc2)c1F. The van der Waals surface area contributed by atoms with Gasteiger partial charge in [-0.25, -0.2) is 4.39 Å². The highest BCUT2D eigenvalue weighted by atomic mass is 19.3. The van der Waals surface area contributed by atoms with E-state index in [0.29, 0.717) is 0 Å². The maximum Gasteiger partial charge on any atom is 0.301 e. The van der Waals surface area contributed by atoms with Gasteiger partial charge in [0.2, 0.25) is 0 Å². The van der Waals surface area contributed by atoms with Gasteiger partial charge in [0, 0.05) is 29.6 Å². The smallest absolute Gasteiger partial charge is 0.301 e. The molecule has 2 aromatic rings. The van der Waals surface area contributed by atoms with Gasteiger partial charge in [-0.05, 0) is 25.1 Å². The van der Waals surface area contributed by atoms with Crippen molar-refractivity contribution in [2.75, 3.05) is 0 Å². The second-order valence-corrected chi connectivity index (χ2v) is 4.31. The Balaban J connectivity index is 2.56. The van der Waals surface area contributed by atoms with Crippen LogP contribution in [-0.4, -0.2) is 4.98 Å². The van der Waals surface area contributed by atoms with E-state index in [2.05, 4.69) is 4.98 Å². The maximum atomic E-state index is 14.3. The lowest BCUT2D eigenvalue weighted by Crippen LogP contribution is -2.19. The number of hydrogen-bond acceptors (Lipinski definition) is 2. The number of pyridine rings is 1. The van der Waals surface area contributed by atoms with Crippen molar-refractivity contribution in [3.63, 3.8) is 0 Å². The minimum Gasteiger partial charge on any atom is -0.324 e. The van der Waals surface area contributed by atoms with Gasteiger partial charge in [-0.1, -0.05) is 12.1 Å². The summed E-state index contributed by atoms with van der Waals surface area (Å²) >= 11 is 0. The fourth-order valence-corrected chi connectivity index (χ4v) is 1.86. The van der Waals surface area contributed by atoms with E-state index in [1.165, 1.54) is 24.5 Å². The molecule has 5 heteroatoms. The number of alkyl halides is 2. The van der Waals surface area contributed by atoms with Crippen LogP contribution in [0.25, 0.3) is 0 Å². The Hall–Kier alpha value is -1.88. The molecule has 0 radical (unpaired) electrons. The third kappa shape index (κ3) is 2.46. The molecule has 0 spiro atoms. The van der Waals surface area contributed by atoms with E-state index in [0.717, 1.165) is 18.2 Å². The Morgan fingerprint density at radius 2 is 1.79 bits per heavy atom. The first-order valence-electron chi connectivity index (χ1n) is 5.77. The van der Waals surface area contributed by atoms with Gasteiger partial charge in [0.1, 0.15) is 5.82 Å². The molecule has 0 aliphatic carbocycles. The summed E-state index contributed by atoms with van der Waals surface area (Å²) in [7, 11) is 0. The van der Waals surface area contributed by atoms with Crippen molar-refractivity contribution in [3.8, 4) is 0 Å². The monoisotopic (exact) mass is 266 g/mol. The molecule has 2 nitrogen and oxygen atoms in total. The molecule has 0 aliphatic heterocycles. The van der Waals surface area contributed by atoms with E-state index in [1.807, 2.05) is 0 Å². The zero-order valence-electron chi connectivity index (χ0n) is 10.3. The summed E-state index contributed by atoms with van der Waals surface area (Å²) in [5.41, 5.74) is 4.67. The summed E-state index contributed by atoms with van der Waals surface area (Å²) in [5, 5.41) is 0. The van der Waals surface area contributed by atoms with Gasteiger partial charge in [0.15, 0.2) is 0 Å². The third-order valence-corrected chi connectivity index (χ3v) is 2.90. The second-order valence-electron chi connectivity index (χ2n) is 4.31. The van der Waals surface area contributed by atoms with E-state index in [4.69, 9.17) is 5.73 Å². The molecule has 2 rings (SSSR count). The predicted molar refractivity (Wildman–Crippen MR) is 66.2 cm³/mol. The zero-order valence-corrected chi connectivity index (χ0v) is 10.3. The van der Waals surface area contributed by atoms with Crippen LogP contribution in [0.3, 0.4) is 0 Å². The molecular formula is C14H13F3N2. The van der Waals surface area contributed by atoms with Gasteiger partial charge >= 0.3 is 5.92 Å². The van der Waals surface area contributed by atoms with E-state index in [-0.39, 0.29) is 11.1 Å². The summed E-state index contributed by atoms with van der Waals surface area (Å²) in [6.07, 6.45) is 2.49. The van der Waals surface area contributed by atoms with Gasteiger partial charge in [-0.2, -0.15) is 8.78 Å². The fourth-order valence-electron chi connectivity index (χ4n) is 1.86. The van der Waals surface area contributed by atoms with Crippen molar-refractivity contribution in [1.29, 1.82) is 0 Å². The first kappa shape index (κ1) is 13.5. The summed E-state index contributed by atoms with van der Waals surface area (Å²) < 4.78 is 42.7. The van der Waals surface area contributed by atoms with Crippen molar-refractivity contribution < 1.29 is 13.2 Å². The van der Waals surface area contributed by atoms with Crippen LogP contribution < -0.4 is 5.73 Å². The minimum absolute atomic E-state index is 0.0752.